The molecule has 180 valence electrons. The molecule has 0 aliphatic carbocycles. The summed E-state index contributed by atoms with van der Waals surface area (Å²) in [7, 11) is 2.13. The van der Waals surface area contributed by atoms with Gasteiger partial charge in [-0.2, -0.15) is 0 Å². The predicted molar refractivity (Wildman–Crippen MR) is 144 cm³/mol. The van der Waals surface area contributed by atoms with Gasteiger partial charge in [0.15, 0.2) is 0 Å². The Balaban J connectivity index is 1.18. The van der Waals surface area contributed by atoms with E-state index in [0.29, 0.717) is 5.52 Å². The van der Waals surface area contributed by atoms with Crippen LogP contribution in [0.25, 0.3) is 10.9 Å². The van der Waals surface area contributed by atoms with Crippen molar-refractivity contribution in [2.45, 2.75) is 6.54 Å². The van der Waals surface area contributed by atoms with E-state index in [9.17, 15) is 10.1 Å². The van der Waals surface area contributed by atoms with Gasteiger partial charge in [-0.05, 0) is 60.2 Å². The number of allylic oxidation sites excluding steroid dienone is 1. The lowest BCUT2D eigenvalue weighted by atomic mass is 10.1. The minimum atomic E-state index is -0.412. The number of nitro benzene ring substituents is 1. The van der Waals surface area contributed by atoms with E-state index in [4.69, 9.17) is 0 Å². The minimum Gasteiger partial charge on any atom is -0.381 e. The van der Waals surface area contributed by atoms with Crippen LogP contribution in [0, 0.1) is 10.1 Å². The number of hydrogen-bond acceptors (Lipinski definition) is 6. The van der Waals surface area contributed by atoms with Crippen LogP contribution < -0.4 is 20.9 Å². The van der Waals surface area contributed by atoms with E-state index in [1.54, 1.807) is 12.3 Å². The van der Waals surface area contributed by atoms with Crippen LogP contribution in [-0.4, -0.2) is 23.5 Å². The maximum atomic E-state index is 11.0. The van der Waals surface area contributed by atoms with Crippen LogP contribution in [0.2, 0.25) is 0 Å². The number of non-ortho nitro benzene ring substituents is 1. The van der Waals surface area contributed by atoms with E-state index < -0.39 is 4.92 Å². The lowest BCUT2D eigenvalue weighted by Crippen LogP contribution is -3.04. The van der Waals surface area contributed by atoms with Gasteiger partial charge in [0.05, 0.1) is 23.7 Å². The topological polar surface area (TPSA) is 96.6 Å². The number of hydrogen-bond donors (Lipinski definition) is 4. The Bertz CT molecular complexity index is 1450. The molecule has 1 unspecified atom stereocenters. The Labute approximate surface area is 209 Å². The zero-order valence-electron chi connectivity index (χ0n) is 19.9. The Morgan fingerprint density at radius 1 is 0.944 bits per heavy atom. The molecule has 0 amide bonds. The molecule has 4 N–H and O–H groups in total. The van der Waals surface area contributed by atoms with Crippen molar-refractivity contribution < 1.29 is 9.82 Å². The molecule has 1 aromatic heterocycles. The maximum Gasteiger partial charge on any atom is 0.271 e. The highest BCUT2D eigenvalue weighted by molar-refractivity contribution is 5.94. The second-order valence-electron chi connectivity index (χ2n) is 8.74. The quantitative estimate of drug-likeness (QED) is 0.213. The molecule has 8 heteroatoms. The molecule has 2 heterocycles. The zero-order chi connectivity index (χ0) is 24.9. The number of aromatic nitrogens is 1. The van der Waals surface area contributed by atoms with Crippen molar-refractivity contribution >= 4 is 39.3 Å². The normalized spacial score (nSPS) is 14.8. The van der Waals surface area contributed by atoms with Gasteiger partial charge in [0, 0.05) is 64.8 Å². The van der Waals surface area contributed by atoms with Gasteiger partial charge in [0.25, 0.3) is 5.69 Å². The number of nitro groups is 1. The molecule has 3 aromatic carbocycles. The number of fused-ring (bicyclic) bond motifs is 1. The second kappa shape index (κ2) is 10.3. The number of nitrogens with zero attached hydrogens (tertiary/aromatic N) is 2. The monoisotopic (exact) mass is 479 g/mol. The average Bonchev–Trinajstić information content (AvgIpc) is 2.90. The third-order valence-corrected chi connectivity index (χ3v) is 6.03. The van der Waals surface area contributed by atoms with Crippen LogP contribution in [0.5, 0.6) is 0 Å². The average molecular weight is 480 g/mol. The van der Waals surface area contributed by atoms with Gasteiger partial charge in [-0.25, -0.2) is 0 Å². The highest BCUT2D eigenvalue weighted by Gasteiger charge is 2.10. The van der Waals surface area contributed by atoms with Crippen LogP contribution >= 0.6 is 0 Å². The summed E-state index contributed by atoms with van der Waals surface area (Å²) < 4.78 is 0. The first-order valence-electron chi connectivity index (χ1n) is 11.7. The van der Waals surface area contributed by atoms with Gasteiger partial charge in [-0.3, -0.25) is 15.1 Å². The highest BCUT2D eigenvalue weighted by Crippen LogP contribution is 2.28. The van der Waals surface area contributed by atoms with Crippen molar-refractivity contribution in [2.75, 3.05) is 29.5 Å². The van der Waals surface area contributed by atoms with Gasteiger partial charge in [0.2, 0.25) is 0 Å². The molecule has 0 saturated carbocycles. The number of benzene rings is 3. The lowest BCUT2D eigenvalue weighted by molar-refractivity contribution is -0.818. The Kier molecular flexibility index (Phi) is 6.59. The van der Waals surface area contributed by atoms with Crippen LogP contribution in [0.4, 0.5) is 28.4 Å². The Morgan fingerprint density at radius 2 is 1.67 bits per heavy atom. The predicted octanol–water partition coefficient (Wildman–Crippen LogP) is 4.84. The van der Waals surface area contributed by atoms with E-state index >= 15 is 0 Å². The van der Waals surface area contributed by atoms with Gasteiger partial charge in [-0.1, -0.05) is 12.1 Å². The van der Waals surface area contributed by atoms with Gasteiger partial charge >= 0.3 is 0 Å². The summed E-state index contributed by atoms with van der Waals surface area (Å²) in [5.74, 6) is 0. The standard InChI is InChI=1S/C28H26N6O2/c1-33-16-13-24(14-17-33)31-22-4-2-20(3-5-22)19-30-21-6-8-23(9-7-21)32-27-12-15-29-28-18-25(34(35)36)10-11-26(27)28/h2-16,18,30-31H,17,19H2,1H3,(H,29,32)/p+1. The first-order chi connectivity index (χ1) is 17.5. The van der Waals surface area contributed by atoms with Gasteiger partial charge in [0.1, 0.15) is 6.54 Å². The molecule has 0 spiro atoms. The number of nitrogens with one attached hydrogen (secondary N) is 4. The Morgan fingerprint density at radius 3 is 2.39 bits per heavy atom. The molecule has 1 aliphatic heterocycles. The molecule has 4 aromatic rings. The first-order valence-corrected chi connectivity index (χ1v) is 11.7. The molecule has 5 rings (SSSR count). The van der Waals surface area contributed by atoms with Crippen molar-refractivity contribution in [2.24, 2.45) is 0 Å². The van der Waals surface area contributed by atoms with Crippen molar-refractivity contribution in [3.05, 3.63) is 119 Å². The SMILES string of the molecule is C[NH+]1C=CC(Nc2ccc(CNc3ccc(Nc4ccnc5cc([N+](=O)[O-])ccc45)cc3)cc2)=CC1. The number of quaternary nitrogens is 1. The van der Waals surface area contributed by atoms with Crippen molar-refractivity contribution in [3.63, 3.8) is 0 Å². The smallest absolute Gasteiger partial charge is 0.271 e. The summed E-state index contributed by atoms with van der Waals surface area (Å²) in [6.07, 6.45) is 8.10. The fraction of sp³-hybridized carbons (Fsp3) is 0.107. The largest absolute Gasteiger partial charge is 0.381 e. The Hall–Kier alpha value is -4.69. The molecule has 8 nitrogen and oxygen atoms in total. The zero-order valence-corrected chi connectivity index (χ0v) is 19.9. The number of rotatable bonds is 8. The van der Waals surface area contributed by atoms with Crippen molar-refractivity contribution in [1.82, 2.24) is 4.98 Å². The highest BCUT2D eigenvalue weighted by atomic mass is 16.6. The molecular formula is C28H27N6O2+. The summed E-state index contributed by atoms with van der Waals surface area (Å²) in [6.45, 7) is 1.71. The fourth-order valence-corrected chi connectivity index (χ4v) is 3.99. The third kappa shape index (κ3) is 5.51. The van der Waals surface area contributed by atoms with E-state index in [0.717, 1.165) is 46.9 Å². The van der Waals surface area contributed by atoms with Crippen molar-refractivity contribution in [3.8, 4) is 0 Å². The summed E-state index contributed by atoms with van der Waals surface area (Å²) in [4.78, 5) is 16.3. The number of pyridine rings is 1. The first kappa shape index (κ1) is 23.1. The fourth-order valence-electron chi connectivity index (χ4n) is 3.99. The van der Waals surface area contributed by atoms with Crippen LogP contribution in [0.15, 0.2) is 103 Å². The minimum absolute atomic E-state index is 0.0288. The van der Waals surface area contributed by atoms with Gasteiger partial charge < -0.3 is 20.9 Å². The number of anilines is 4. The van der Waals surface area contributed by atoms with Crippen LogP contribution in [0.1, 0.15) is 5.56 Å². The third-order valence-electron chi connectivity index (χ3n) is 6.03. The molecule has 36 heavy (non-hydrogen) atoms. The summed E-state index contributed by atoms with van der Waals surface area (Å²) in [5.41, 5.74) is 6.77. The van der Waals surface area contributed by atoms with Gasteiger partial charge in [-0.15, -0.1) is 0 Å². The second-order valence-corrected chi connectivity index (χ2v) is 8.74. The van der Waals surface area contributed by atoms with E-state index in [2.05, 4.69) is 70.6 Å². The summed E-state index contributed by atoms with van der Waals surface area (Å²) in [5, 5.41) is 22.2. The number of likely N-dealkylation sites (N-methyl/N-ethyl adjacent to an activating group) is 1. The maximum absolute atomic E-state index is 11.0. The summed E-state index contributed by atoms with van der Waals surface area (Å²) in [6, 6.07) is 23.0. The molecule has 0 bridgehead atoms. The van der Waals surface area contributed by atoms with E-state index in [1.165, 1.54) is 22.6 Å². The molecule has 0 saturated heterocycles. The molecule has 1 aliphatic rings. The van der Waals surface area contributed by atoms with Crippen molar-refractivity contribution in [1.29, 1.82) is 0 Å². The lowest BCUT2D eigenvalue weighted by Gasteiger charge is -2.14. The van der Waals surface area contributed by atoms with Crippen LogP contribution in [-0.2, 0) is 6.54 Å². The molecular weight excluding hydrogens is 452 g/mol. The molecule has 0 fully saturated rings. The van der Waals surface area contributed by atoms with E-state index in [-0.39, 0.29) is 5.69 Å². The molecule has 1 atom stereocenters. The van der Waals surface area contributed by atoms with E-state index in [1.807, 2.05) is 30.3 Å². The summed E-state index contributed by atoms with van der Waals surface area (Å²) >= 11 is 0. The van der Waals surface area contributed by atoms with Crippen LogP contribution in [0.3, 0.4) is 0 Å². The molecule has 0 radical (unpaired) electrons.